The summed E-state index contributed by atoms with van der Waals surface area (Å²) in [6, 6.07) is 4.77. The minimum atomic E-state index is -0.495. The minimum absolute atomic E-state index is 0.0553. The molecule has 0 fully saturated rings. The highest BCUT2D eigenvalue weighted by molar-refractivity contribution is 5.70. The van der Waals surface area contributed by atoms with E-state index in [1.54, 1.807) is 12.1 Å². The van der Waals surface area contributed by atoms with E-state index < -0.39 is 4.92 Å². The van der Waals surface area contributed by atoms with Crippen LogP contribution >= 0.6 is 0 Å². The lowest BCUT2D eigenvalue weighted by molar-refractivity contribution is -0.384. The summed E-state index contributed by atoms with van der Waals surface area (Å²) in [6.45, 7) is 1.70. The first-order valence-electron chi connectivity index (χ1n) is 4.32. The third-order valence-electron chi connectivity index (χ3n) is 2.28. The van der Waals surface area contributed by atoms with Gasteiger partial charge in [-0.05, 0) is 12.0 Å². The smallest absolute Gasteiger partial charge is 0.329 e. The van der Waals surface area contributed by atoms with Crippen LogP contribution in [0, 0.1) is 10.1 Å². The van der Waals surface area contributed by atoms with Crippen molar-refractivity contribution in [3.05, 3.63) is 33.9 Å². The number of nitrogens with zero attached hydrogens (tertiary/aromatic N) is 2. The normalized spacial score (nSPS) is 13.5. The average molecular weight is 207 g/mol. The number of benzene rings is 1. The number of fused-ring (bicyclic) bond motifs is 1. The van der Waals surface area contributed by atoms with E-state index in [1.165, 1.54) is 17.6 Å². The van der Waals surface area contributed by atoms with Gasteiger partial charge in [0.25, 0.3) is 5.69 Å². The van der Waals surface area contributed by atoms with Gasteiger partial charge in [-0.25, -0.2) is 4.79 Å². The monoisotopic (exact) mass is 207 g/mol. The van der Waals surface area contributed by atoms with Crippen LogP contribution in [0.4, 0.5) is 11.4 Å². The number of para-hydroxylation sites is 1. The third kappa shape index (κ3) is 1.50. The van der Waals surface area contributed by atoms with E-state index in [2.05, 4.69) is 4.84 Å². The Morgan fingerprint density at radius 3 is 3.00 bits per heavy atom. The van der Waals surface area contributed by atoms with Gasteiger partial charge in [0.05, 0.1) is 11.5 Å². The fourth-order valence-electron chi connectivity index (χ4n) is 1.68. The van der Waals surface area contributed by atoms with E-state index in [0.29, 0.717) is 18.7 Å². The SMILES string of the molecule is O=[C]ON1CCc2cccc([N+](=O)[O-])c21. The zero-order chi connectivity index (χ0) is 10.8. The van der Waals surface area contributed by atoms with Crippen molar-refractivity contribution < 1.29 is 14.6 Å². The molecule has 0 unspecified atom stereocenters. The second-order valence-corrected chi connectivity index (χ2v) is 3.07. The van der Waals surface area contributed by atoms with Gasteiger partial charge in [0.15, 0.2) is 5.69 Å². The molecule has 0 saturated carbocycles. The molecule has 0 atom stereocenters. The van der Waals surface area contributed by atoms with Crippen molar-refractivity contribution in [2.45, 2.75) is 6.42 Å². The molecule has 0 saturated heterocycles. The Morgan fingerprint density at radius 2 is 2.33 bits per heavy atom. The molecule has 1 aliphatic rings. The molecule has 1 aliphatic heterocycles. The zero-order valence-corrected chi connectivity index (χ0v) is 7.67. The van der Waals surface area contributed by atoms with E-state index in [-0.39, 0.29) is 5.69 Å². The van der Waals surface area contributed by atoms with Gasteiger partial charge in [-0.15, -0.1) is 0 Å². The third-order valence-corrected chi connectivity index (χ3v) is 2.28. The van der Waals surface area contributed by atoms with Crippen LogP contribution in [0.1, 0.15) is 5.56 Å². The number of rotatable bonds is 3. The number of nitro benzene ring substituents is 1. The predicted molar refractivity (Wildman–Crippen MR) is 50.9 cm³/mol. The van der Waals surface area contributed by atoms with Gasteiger partial charge >= 0.3 is 6.47 Å². The lowest BCUT2D eigenvalue weighted by Gasteiger charge is -2.13. The number of hydrogen-bond donors (Lipinski definition) is 0. The number of hydrogen-bond acceptors (Lipinski definition) is 5. The van der Waals surface area contributed by atoms with Crippen molar-refractivity contribution in [2.24, 2.45) is 0 Å². The molecule has 0 amide bonds. The first-order valence-corrected chi connectivity index (χ1v) is 4.32. The van der Waals surface area contributed by atoms with Crippen LogP contribution in [0.3, 0.4) is 0 Å². The fourth-order valence-corrected chi connectivity index (χ4v) is 1.68. The molecular formula is C9H7N2O4. The average Bonchev–Trinajstić information content (AvgIpc) is 2.62. The van der Waals surface area contributed by atoms with Crippen molar-refractivity contribution in [1.29, 1.82) is 0 Å². The predicted octanol–water partition coefficient (Wildman–Crippen LogP) is 0.956. The zero-order valence-electron chi connectivity index (χ0n) is 7.67. The minimum Gasteiger partial charge on any atom is -0.329 e. The summed E-state index contributed by atoms with van der Waals surface area (Å²) in [5.74, 6) is 0. The van der Waals surface area contributed by atoms with Gasteiger partial charge in [-0.2, -0.15) is 5.06 Å². The summed E-state index contributed by atoms with van der Waals surface area (Å²) in [4.78, 5) is 24.9. The van der Waals surface area contributed by atoms with Crippen molar-refractivity contribution in [3.63, 3.8) is 0 Å². The Kier molecular flexibility index (Phi) is 2.24. The van der Waals surface area contributed by atoms with Gasteiger partial charge in [0.1, 0.15) is 0 Å². The van der Waals surface area contributed by atoms with E-state index in [4.69, 9.17) is 0 Å². The van der Waals surface area contributed by atoms with Crippen LogP contribution in [-0.2, 0) is 16.1 Å². The quantitative estimate of drug-likeness (QED) is 0.545. The number of hydroxylamine groups is 1. The molecule has 0 aliphatic carbocycles. The van der Waals surface area contributed by atoms with E-state index in [9.17, 15) is 14.9 Å². The van der Waals surface area contributed by atoms with Gasteiger partial charge in [0, 0.05) is 6.07 Å². The molecule has 0 N–H and O–H groups in total. The molecule has 1 radical (unpaired) electrons. The molecular weight excluding hydrogens is 200 g/mol. The molecule has 15 heavy (non-hydrogen) atoms. The number of carbonyl (C=O) groups excluding carboxylic acids is 1. The van der Waals surface area contributed by atoms with Crippen molar-refractivity contribution >= 4 is 17.8 Å². The molecule has 77 valence electrons. The maximum Gasteiger partial charge on any atom is 0.444 e. The maximum atomic E-state index is 10.7. The largest absolute Gasteiger partial charge is 0.444 e. The Labute approximate surface area is 85.2 Å². The van der Waals surface area contributed by atoms with Crippen molar-refractivity contribution in [2.75, 3.05) is 11.6 Å². The molecule has 0 spiro atoms. The molecule has 2 rings (SSSR count). The summed E-state index contributed by atoms with van der Waals surface area (Å²) in [7, 11) is 0. The first-order chi connectivity index (χ1) is 7.24. The molecule has 1 aromatic carbocycles. The second-order valence-electron chi connectivity index (χ2n) is 3.07. The van der Waals surface area contributed by atoms with Crippen LogP contribution in [0.25, 0.3) is 0 Å². The summed E-state index contributed by atoms with van der Waals surface area (Å²) >= 11 is 0. The highest BCUT2D eigenvalue weighted by atomic mass is 16.7. The molecule has 0 bridgehead atoms. The Hall–Kier alpha value is -2.11. The van der Waals surface area contributed by atoms with E-state index in [1.807, 2.05) is 0 Å². The van der Waals surface area contributed by atoms with Gasteiger partial charge < -0.3 is 4.84 Å². The highest BCUT2D eigenvalue weighted by Gasteiger charge is 2.29. The fraction of sp³-hybridized carbons (Fsp3) is 0.222. The number of nitro groups is 1. The standard InChI is InChI=1S/C9H7N2O4/c12-6-15-10-5-4-7-2-1-3-8(9(7)10)11(13)14/h1-3H,4-5H2. The van der Waals surface area contributed by atoms with Crippen LogP contribution in [-0.4, -0.2) is 17.9 Å². The molecule has 0 aromatic heterocycles. The first kappa shape index (κ1) is 9.45. The van der Waals surface area contributed by atoms with E-state index >= 15 is 0 Å². The Bertz CT molecular complexity index is 419. The number of anilines is 1. The van der Waals surface area contributed by atoms with Crippen LogP contribution < -0.4 is 5.06 Å². The second kappa shape index (κ2) is 3.56. The van der Waals surface area contributed by atoms with Gasteiger partial charge in [-0.1, -0.05) is 12.1 Å². The maximum absolute atomic E-state index is 10.7. The lowest BCUT2D eigenvalue weighted by atomic mass is 10.1. The topological polar surface area (TPSA) is 72.7 Å². The van der Waals surface area contributed by atoms with Crippen molar-refractivity contribution in [3.8, 4) is 0 Å². The summed E-state index contributed by atoms with van der Waals surface area (Å²) in [6.07, 6.45) is 0.624. The van der Waals surface area contributed by atoms with Gasteiger partial charge in [0.2, 0.25) is 0 Å². The summed E-state index contributed by atoms with van der Waals surface area (Å²) < 4.78 is 0. The Morgan fingerprint density at radius 1 is 1.53 bits per heavy atom. The Balaban J connectivity index is 2.48. The van der Waals surface area contributed by atoms with Crippen LogP contribution in [0.2, 0.25) is 0 Å². The molecule has 6 nitrogen and oxygen atoms in total. The lowest BCUT2D eigenvalue weighted by Crippen LogP contribution is -2.20. The molecule has 1 heterocycles. The van der Waals surface area contributed by atoms with Gasteiger partial charge in [-0.3, -0.25) is 10.1 Å². The molecule has 1 aromatic rings. The summed E-state index contributed by atoms with van der Waals surface area (Å²) in [5, 5.41) is 11.9. The van der Waals surface area contributed by atoms with Crippen molar-refractivity contribution in [1.82, 2.24) is 0 Å². The summed E-state index contributed by atoms with van der Waals surface area (Å²) in [5.41, 5.74) is 1.10. The van der Waals surface area contributed by atoms with E-state index in [0.717, 1.165) is 5.56 Å². The van der Waals surface area contributed by atoms with Crippen LogP contribution in [0.5, 0.6) is 0 Å². The molecule has 6 heteroatoms. The van der Waals surface area contributed by atoms with Crippen LogP contribution in [0.15, 0.2) is 18.2 Å². The highest BCUT2D eigenvalue weighted by Crippen LogP contribution is 2.36.